The molecule has 2 nitrogen and oxygen atoms in total. The maximum atomic E-state index is 5.74. The first-order valence-corrected chi connectivity index (χ1v) is 9.01. The highest BCUT2D eigenvalue weighted by atomic mass is 79.9. The molecule has 2 unspecified atom stereocenters. The number of nitrogens with one attached hydrogen (secondary N) is 1. The zero-order valence-corrected chi connectivity index (χ0v) is 15.4. The van der Waals surface area contributed by atoms with E-state index in [1.165, 1.54) is 32.9 Å². The number of ether oxygens (including phenoxy) is 1. The average Bonchev–Trinajstić information content (AvgIpc) is 2.92. The second-order valence-electron chi connectivity index (χ2n) is 5.45. The summed E-state index contributed by atoms with van der Waals surface area (Å²) in [6, 6.07) is 4.81. The summed E-state index contributed by atoms with van der Waals surface area (Å²) in [5.74, 6) is 0. The van der Waals surface area contributed by atoms with Crippen LogP contribution in [0.2, 0.25) is 0 Å². The Kier molecular flexibility index (Phi) is 6.53. The molecule has 1 aromatic rings. The van der Waals surface area contributed by atoms with Crippen LogP contribution in [0, 0.1) is 6.92 Å². The van der Waals surface area contributed by atoms with E-state index < -0.39 is 0 Å². The number of hydrogen-bond donors (Lipinski definition) is 1. The molecule has 0 radical (unpaired) electrons. The zero-order valence-electron chi connectivity index (χ0n) is 12.2. The van der Waals surface area contributed by atoms with Crippen LogP contribution in [0.3, 0.4) is 0 Å². The molecule has 0 spiro atoms. The summed E-state index contributed by atoms with van der Waals surface area (Å²) in [6.45, 7) is 6.20. The van der Waals surface area contributed by atoms with E-state index >= 15 is 0 Å². The van der Waals surface area contributed by atoms with Crippen LogP contribution >= 0.6 is 31.9 Å². The third-order valence-electron chi connectivity index (χ3n) is 3.91. The van der Waals surface area contributed by atoms with Crippen LogP contribution in [-0.4, -0.2) is 19.3 Å². The average molecular weight is 405 g/mol. The van der Waals surface area contributed by atoms with Gasteiger partial charge in [-0.05, 0) is 62.4 Å². The van der Waals surface area contributed by atoms with Gasteiger partial charge >= 0.3 is 0 Å². The summed E-state index contributed by atoms with van der Waals surface area (Å²) in [5, 5.41) is 3.60. The predicted molar refractivity (Wildman–Crippen MR) is 91.2 cm³/mol. The van der Waals surface area contributed by atoms with Gasteiger partial charge in [-0.25, -0.2) is 0 Å². The van der Waals surface area contributed by atoms with Crippen molar-refractivity contribution in [1.82, 2.24) is 5.32 Å². The number of aryl methyl sites for hydroxylation is 1. The van der Waals surface area contributed by atoms with Crippen molar-refractivity contribution in [2.45, 2.75) is 51.7 Å². The molecule has 112 valence electrons. The third-order valence-corrected chi connectivity index (χ3v) is 5.45. The summed E-state index contributed by atoms with van der Waals surface area (Å²) in [5.41, 5.74) is 2.59. The molecular weight excluding hydrogens is 382 g/mol. The lowest BCUT2D eigenvalue weighted by Gasteiger charge is -2.22. The molecule has 2 atom stereocenters. The first kappa shape index (κ1) is 16.5. The molecule has 1 fully saturated rings. The van der Waals surface area contributed by atoms with Crippen molar-refractivity contribution in [3.05, 3.63) is 32.2 Å². The van der Waals surface area contributed by atoms with Crippen LogP contribution in [0.25, 0.3) is 0 Å². The minimum Gasteiger partial charge on any atom is -0.378 e. The standard InChI is InChI=1S/C16H23Br2NO/c1-3-19-16(7-6-12-5-4-8-20-12)13-10-14(17)11(2)9-15(13)18/h9-10,12,16,19H,3-8H2,1-2H3. The van der Waals surface area contributed by atoms with Gasteiger partial charge in [0, 0.05) is 21.6 Å². The van der Waals surface area contributed by atoms with Gasteiger partial charge in [-0.15, -0.1) is 0 Å². The van der Waals surface area contributed by atoms with E-state index in [4.69, 9.17) is 4.74 Å². The number of rotatable bonds is 6. The quantitative estimate of drug-likeness (QED) is 0.709. The van der Waals surface area contributed by atoms with E-state index in [1.807, 2.05) is 0 Å². The van der Waals surface area contributed by atoms with E-state index in [2.05, 4.69) is 63.2 Å². The molecule has 0 aromatic heterocycles. The number of benzene rings is 1. The van der Waals surface area contributed by atoms with Gasteiger partial charge < -0.3 is 10.1 Å². The second-order valence-corrected chi connectivity index (χ2v) is 7.15. The molecule has 1 aliphatic rings. The summed E-state index contributed by atoms with van der Waals surface area (Å²) in [7, 11) is 0. The lowest BCUT2D eigenvalue weighted by molar-refractivity contribution is 0.0996. The van der Waals surface area contributed by atoms with Crippen molar-refractivity contribution < 1.29 is 4.74 Å². The van der Waals surface area contributed by atoms with Gasteiger partial charge in [-0.3, -0.25) is 0 Å². The van der Waals surface area contributed by atoms with Crippen molar-refractivity contribution >= 4 is 31.9 Å². The highest BCUT2D eigenvalue weighted by Gasteiger charge is 2.20. The Morgan fingerprint density at radius 3 is 2.80 bits per heavy atom. The maximum Gasteiger partial charge on any atom is 0.0576 e. The van der Waals surface area contributed by atoms with Gasteiger partial charge in [0.25, 0.3) is 0 Å². The van der Waals surface area contributed by atoms with Gasteiger partial charge in [-0.2, -0.15) is 0 Å². The molecule has 1 saturated heterocycles. The van der Waals surface area contributed by atoms with Gasteiger partial charge in [0.15, 0.2) is 0 Å². The van der Waals surface area contributed by atoms with Crippen molar-refractivity contribution in [3.8, 4) is 0 Å². The van der Waals surface area contributed by atoms with E-state index in [-0.39, 0.29) is 0 Å². The molecule has 2 rings (SSSR count). The van der Waals surface area contributed by atoms with Gasteiger partial charge in [0.05, 0.1) is 6.10 Å². The molecule has 1 aromatic carbocycles. The Bertz CT molecular complexity index is 444. The Morgan fingerprint density at radius 2 is 2.15 bits per heavy atom. The molecule has 4 heteroatoms. The monoisotopic (exact) mass is 403 g/mol. The van der Waals surface area contributed by atoms with E-state index in [9.17, 15) is 0 Å². The molecule has 20 heavy (non-hydrogen) atoms. The van der Waals surface area contributed by atoms with Crippen molar-refractivity contribution in [2.24, 2.45) is 0 Å². The Morgan fingerprint density at radius 1 is 1.35 bits per heavy atom. The SMILES string of the molecule is CCNC(CCC1CCCO1)c1cc(Br)c(C)cc1Br. The van der Waals surface area contributed by atoms with Gasteiger partial charge in [0.1, 0.15) is 0 Å². The zero-order chi connectivity index (χ0) is 14.5. The van der Waals surface area contributed by atoms with Crippen LogP contribution in [0.4, 0.5) is 0 Å². The fourth-order valence-electron chi connectivity index (χ4n) is 2.77. The van der Waals surface area contributed by atoms with Crippen molar-refractivity contribution in [1.29, 1.82) is 0 Å². The third kappa shape index (κ3) is 4.30. The van der Waals surface area contributed by atoms with Crippen LogP contribution in [-0.2, 0) is 4.74 Å². The van der Waals surface area contributed by atoms with Crippen molar-refractivity contribution in [3.63, 3.8) is 0 Å². The predicted octanol–water partition coefficient (Wildman–Crippen LogP) is 5.13. The van der Waals surface area contributed by atoms with E-state index in [0.717, 1.165) is 26.0 Å². The fourth-order valence-corrected chi connectivity index (χ4v) is 3.86. The molecule has 1 aliphatic heterocycles. The first-order valence-electron chi connectivity index (χ1n) is 7.42. The summed E-state index contributed by atoms with van der Waals surface area (Å²) in [6.07, 6.45) is 5.15. The topological polar surface area (TPSA) is 21.3 Å². The van der Waals surface area contributed by atoms with E-state index in [0.29, 0.717) is 12.1 Å². The molecule has 1 N–H and O–H groups in total. The molecule has 0 aliphatic carbocycles. The van der Waals surface area contributed by atoms with Crippen LogP contribution in [0.1, 0.15) is 49.8 Å². The second kappa shape index (κ2) is 7.92. The lowest BCUT2D eigenvalue weighted by Crippen LogP contribution is -2.23. The maximum absolute atomic E-state index is 5.74. The highest BCUT2D eigenvalue weighted by Crippen LogP contribution is 2.32. The minimum absolute atomic E-state index is 0.385. The molecule has 0 saturated carbocycles. The highest BCUT2D eigenvalue weighted by molar-refractivity contribution is 9.11. The van der Waals surface area contributed by atoms with Gasteiger partial charge in [0.2, 0.25) is 0 Å². The van der Waals surface area contributed by atoms with Gasteiger partial charge in [-0.1, -0.05) is 38.8 Å². The molecule has 1 heterocycles. The summed E-state index contributed by atoms with van der Waals surface area (Å²) in [4.78, 5) is 0. The van der Waals surface area contributed by atoms with Crippen LogP contribution < -0.4 is 5.32 Å². The van der Waals surface area contributed by atoms with Crippen LogP contribution in [0.15, 0.2) is 21.1 Å². The Balaban J connectivity index is 2.08. The number of halogens is 2. The van der Waals surface area contributed by atoms with E-state index in [1.54, 1.807) is 0 Å². The van der Waals surface area contributed by atoms with Crippen LogP contribution in [0.5, 0.6) is 0 Å². The molecule has 0 amide bonds. The Labute approximate surface area is 138 Å². The largest absolute Gasteiger partial charge is 0.378 e. The molecule has 0 bridgehead atoms. The first-order chi connectivity index (χ1) is 9.61. The number of hydrogen-bond acceptors (Lipinski definition) is 2. The smallest absolute Gasteiger partial charge is 0.0576 e. The minimum atomic E-state index is 0.385. The summed E-state index contributed by atoms with van der Waals surface area (Å²) >= 11 is 7.36. The normalized spacial score (nSPS) is 20.3. The Hall–Kier alpha value is 0.1000. The van der Waals surface area contributed by atoms with Crippen molar-refractivity contribution in [2.75, 3.05) is 13.2 Å². The lowest BCUT2D eigenvalue weighted by atomic mass is 9.98. The molecular formula is C16H23Br2NO. The fraction of sp³-hybridized carbons (Fsp3) is 0.625. The summed E-state index contributed by atoms with van der Waals surface area (Å²) < 4.78 is 8.11.